The molecule has 0 fully saturated rings. The molecule has 0 saturated carbocycles. The van der Waals surface area contributed by atoms with Gasteiger partial charge < -0.3 is 5.11 Å². The molecule has 0 aliphatic heterocycles. The molecule has 1 N–H and O–H groups in total. The Hall–Kier alpha value is -3.39. The Bertz CT molecular complexity index is 1180. The highest BCUT2D eigenvalue weighted by Gasteiger charge is 2.32. The largest absolute Gasteiger partial charge is 0.481 e. The lowest BCUT2D eigenvalue weighted by atomic mass is 9.81. The second-order valence-electron chi connectivity index (χ2n) is 6.34. The van der Waals surface area contributed by atoms with Gasteiger partial charge in [-0.2, -0.15) is 8.42 Å². The van der Waals surface area contributed by atoms with Gasteiger partial charge in [-0.25, -0.2) is 0 Å². The fourth-order valence-electron chi connectivity index (χ4n) is 3.23. The summed E-state index contributed by atoms with van der Waals surface area (Å²) in [5.41, 5.74) is 1.80. The molecule has 7 nitrogen and oxygen atoms in total. The summed E-state index contributed by atoms with van der Waals surface area (Å²) in [7, 11) is -2.77. The van der Waals surface area contributed by atoms with Crippen molar-refractivity contribution in [2.75, 3.05) is 0 Å². The van der Waals surface area contributed by atoms with Crippen LogP contribution in [-0.2, 0) is 28.1 Å². The molecule has 0 spiro atoms. The fourth-order valence-corrected chi connectivity index (χ4v) is 3.54. The van der Waals surface area contributed by atoms with E-state index in [-0.39, 0.29) is 46.6 Å². The maximum Gasteiger partial charge on any atom is 0.316 e. The SMILES string of the molecule is CC1=C(Cc2cccc(CC(=O)O)c2)C(=O)c2c(N=S(=O)=O)cccc2C1=O. The van der Waals surface area contributed by atoms with Crippen LogP contribution in [0, 0.1) is 0 Å². The number of carboxylic acid groups (broad SMARTS) is 1. The monoisotopic (exact) mass is 397 g/mol. The highest BCUT2D eigenvalue weighted by Crippen LogP contribution is 2.34. The Morgan fingerprint density at radius 1 is 1.04 bits per heavy atom. The van der Waals surface area contributed by atoms with Crippen molar-refractivity contribution in [3.05, 3.63) is 75.9 Å². The Morgan fingerprint density at radius 3 is 2.39 bits per heavy atom. The second-order valence-corrected chi connectivity index (χ2v) is 6.95. The highest BCUT2D eigenvalue weighted by molar-refractivity contribution is 7.61. The third-order valence-electron chi connectivity index (χ3n) is 4.48. The average molecular weight is 397 g/mol. The predicted molar refractivity (Wildman–Crippen MR) is 100 cm³/mol. The van der Waals surface area contributed by atoms with Gasteiger partial charge in [0.25, 0.3) is 0 Å². The number of allylic oxidation sites excluding steroid dienone is 2. The minimum Gasteiger partial charge on any atom is -0.481 e. The number of fused-ring (bicyclic) bond motifs is 1. The van der Waals surface area contributed by atoms with Gasteiger partial charge >= 0.3 is 16.5 Å². The number of Topliss-reactive ketones (excluding diaryl/α,β-unsaturated/α-hetero) is 2. The maximum absolute atomic E-state index is 13.1. The molecular weight excluding hydrogens is 382 g/mol. The topological polar surface area (TPSA) is 118 Å². The second kappa shape index (κ2) is 7.69. The third kappa shape index (κ3) is 3.81. The van der Waals surface area contributed by atoms with Gasteiger partial charge in [0.1, 0.15) is 0 Å². The lowest BCUT2D eigenvalue weighted by molar-refractivity contribution is -0.136. The molecule has 2 aromatic rings. The van der Waals surface area contributed by atoms with E-state index < -0.39 is 22.3 Å². The first-order valence-electron chi connectivity index (χ1n) is 8.31. The summed E-state index contributed by atoms with van der Waals surface area (Å²) in [6.45, 7) is 1.55. The summed E-state index contributed by atoms with van der Waals surface area (Å²) in [5.74, 6) is -1.79. The van der Waals surface area contributed by atoms with E-state index in [0.717, 1.165) is 0 Å². The van der Waals surface area contributed by atoms with Crippen LogP contribution in [0.25, 0.3) is 0 Å². The number of hydrogen-bond donors (Lipinski definition) is 1. The van der Waals surface area contributed by atoms with Crippen molar-refractivity contribution in [3.8, 4) is 0 Å². The van der Waals surface area contributed by atoms with E-state index in [1.54, 1.807) is 31.2 Å². The first kappa shape index (κ1) is 19.4. The molecule has 0 heterocycles. The number of hydrogen-bond acceptors (Lipinski definition) is 6. The van der Waals surface area contributed by atoms with Gasteiger partial charge in [0.2, 0.25) is 0 Å². The van der Waals surface area contributed by atoms with Crippen molar-refractivity contribution in [2.45, 2.75) is 19.8 Å². The van der Waals surface area contributed by atoms with Crippen molar-refractivity contribution >= 4 is 33.7 Å². The predicted octanol–water partition coefficient (Wildman–Crippen LogP) is 2.95. The molecule has 28 heavy (non-hydrogen) atoms. The van der Waals surface area contributed by atoms with Crippen LogP contribution in [-0.4, -0.2) is 31.1 Å². The quantitative estimate of drug-likeness (QED) is 0.829. The number of benzene rings is 2. The molecule has 0 radical (unpaired) electrons. The summed E-state index contributed by atoms with van der Waals surface area (Å²) in [4.78, 5) is 36.7. The van der Waals surface area contributed by atoms with Crippen molar-refractivity contribution in [3.63, 3.8) is 0 Å². The smallest absolute Gasteiger partial charge is 0.316 e. The number of aliphatic carboxylic acids is 1. The molecule has 3 rings (SSSR count). The molecule has 0 unspecified atom stereocenters. The number of carbonyl (C=O) groups excluding carboxylic acids is 2. The van der Waals surface area contributed by atoms with E-state index in [4.69, 9.17) is 5.11 Å². The third-order valence-corrected chi connectivity index (χ3v) is 4.83. The minimum absolute atomic E-state index is 0.0287. The molecule has 0 aromatic heterocycles. The van der Waals surface area contributed by atoms with Crippen molar-refractivity contribution in [1.29, 1.82) is 0 Å². The normalized spacial score (nSPS) is 13.3. The molecule has 8 heteroatoms. The van der Waals surface area contributed by atoms with Crippen LogP contribution >= 0.6 is 0 Å². The van der Waals surface area contributed by atoms with Gasteiger partial charge in [0.15, 0.2) is 11.6 Å². The van der Waals surface area contributed by atoms with E-state index in [0.29, 0.717) is 11.1 Å². The Kier molecular flexibility index (Phi) is 5.32. The number of carboxylic acids is 1. The standard InChI is InChI=1S/C20H15NO6S/c1-11-15(9-12-4-2-5-13(8-12)10-17(22)23)20(25)18-14(19(11)24)6-3-7-16(18)21-28(26)27/h2-8H,9-10H2,1H3,(H,22,23). The average Bonchev–Trinajstić information content (AvgIpc) is 2.62. The molecule has 0 bridgehead atoms. The minimum atomic E-state index is -2.77. The molecule has 1 aliphatic carbocycles. The molecule has 0 atom stereocenters. The number of carbonyl (C=O) groups is 3. The summed E-state index contributed by atoms with van der Waals surface area (Å²) in [5, 5.41) is 8.94. The summed E-state index contributed by atoms with van der Waals surface area (Å²) in [6.07, 6.45) is -0.0297. The Balaban J connectivity index is 2.06. The molecular formula is C20H15NO6S. The van der Waals surface area contributed by atoms with Crippen LogP contribution in [0.5, 0.6) is 0 Å². The summed E-state index contributed by atoms with van der Waals surface area (Å²) >= 11 is 0. The molecule has 2 aromatic carbocycles. The van der Waals surface area contributed by atoms with Crippen LogP contribution < -0.4 is 0 Å². The van der Waals surface area contributed by atoms with Crippen molar-refractivity contribution in [2.24, 2.45) is 4.36 Å². The fraction of sp³-hybridized carbons (Fsp3) is 0.150. The zero-order valence-electron chi connectivity index (χ0n) is 14.8. The van der Waals surface area contributed by atoms with Gasteiger partial charge in [-0.05, 0) is 24.1 Å². The van der Waals surface area contributed by atoms with Gasteiger partial charge in [-0.3, -0.25) is 14.4 Å². The van der Waals surface area contributed by atoms with Gasteiger partial charge in [0, 0.05) is 23.1 Å². The van der Waals surface area contributed by atoms with Crippen LogP contribution in [0.1, 0.15) is 38.8 Å². The molecule has 142 valence electrons. The van der Waals surface area contributed by atoms with E-state index in [1.165, 1.54) is 18.2 Å². The van der Waals surface area contributed by atoms with E-state index in [2.05, 4.69) is 4.36 Å². The number of ketones is 2. The van der Waals surface area contributed by atoms with Gasteiger partial charge in [-0.15, -0.1) is 4.36 Å². The summed E-state index contributed by atoms with van der Waals surface area (Å²) < 4.78 is 25.4. The van der Waals surface area contributed by atoms with Gasteiger partial charge in [0.05, 0.1) is 17.7 Å². The van der Waals surface area contributed by atoms with E-state index in [9.17, 15) is 22.8 Å². The lowest BCUT2D eigenvalue weighted by Gasteiger charge is -2.20. The van der Waals surface area contributed by atoms with Crippen LogP contribution in [0.3, 0.4) is 0 Å². The molecule has 0 amide bonds. The van der Waals surface area contributed by atoms with Crippen LogP contribution in [0.15, 0.2) is 58.0 Å². The summed E-state index contributed by atoms with van der Waals surface area (Å²) in [6, 6.07) is 11.1. The zero-order valence-corrected chi connectivity index (χ0v) is 15.6. The first-order valence-corrected chi connectivity index (χ1v) is 9.34. The van der Waals surface area contributed by atoms with Crippen molar-refractivity contribution < 1.29 is 27.9 Å². The Labute approximate surface area is 162 Å². The van der Waals surface area contributed by atoms with Crippen LogP contribution in [0.4, 0.5) is 5.69 Å². The maximum atomic E-state index is 13.1. The molecule has 0 saturated heterocycles. The van der Waals surface area contributed by atoms with Crippen LogP contribution in [0.2, 0.25) is 0 Å². The lowest BCUT2D eigenvalue weighted by Crippen LogP contribution is -2.22. The number of nitrogens with zero attached hydrogens (tertiary/aromatic N) is 1. The van der Waals surface area contributed by atoms with E-state index in [1.807, 2.05) is 0 Å². The number of rotatable bonds is 5. The Morgan fingerprint density at radius 2 is 1.71 bits per heavy atom. The molecule has 1 aliphatic rings. The first-order chi connectivity index (χ1) is 13.3. The van der Waals surface area contributed by atoms with Gasteiger partial charge in [-0.1, -0.05) is 36.4 Å². The van der Waals surface area contributed by atoms with E-state index >= 15 is 0 Å². The zero-order chi connectivity index (χ0) is 20.4. The highest BCUT2D eigenvalue weighted by atomic mass is 32.2. The van der Waals surface area contributed by atoms with Crippen molar-refractivity contribution in [1.82, 2.24) is 0 Å².